The lowest BCUT2D eigenvalue weighted by molar-refractivity contribution is -0.115. The van der Waals surface area contributed by atoms with Gasteiger partial charge in [0.2, 0.25) is 5.91 Å². The van der Waals surface area contributed by atoms with Crippen molar-refractivity contribution in [1.29, 1.82) is 0 Å². The monoisotopic (exact) mass is 382 g/mol. The molecule has 0 fully saturated rings. The molecule has 1 aromatic carbocycles. The summed E-state index contributed by atoms with van der Waals surface area (Å²) in [6, 6.07) is 7.77. The summed E-state index contributed by atoms with van der Waals surface area (Å²) in [7, 11) is 0. The first-order chi connectivity index (χ1) is 12.7. The van der Waals surface area contributed by atoms with Gasteiger partial charge in [-0.3, -0.25) is 9.59 Å². The summed E-state index contributed by atoms with van der Waals surface area (Å²) in [4.78, 5) is 36.5. The summed E-state index contributed by atoms with van der Waals surface area (Å²) in [6.07, 6.45) is 0. The molecule has 2 N–H and O–H groups in total. The molecule has 3 rings (SSSR count). The molecule has 0 aliphatic heterocycles. The topological polar surface area (TPSA) is 87.7 Å². The number of rotatable bonds is 4. The second kappa shape index (κ2) is 7.52. The maximum Gasteiger partial charge on any atom is 0.261 e. The first-order valence-electron chi connectivity index (χ1n) is 8.67. The van der Waals surface area contributed by atoms with Crippen molar-refractivity contribution in [2.24, 2.45) is 0 Å². The van der Waals surface area contributed by atoms with Crippen LogP contribution in [0, 0.1) is 27.7 Å². The van der Waals surface area contributed by atoms with Crippen LogP contribution >= 0.6 is 11.8 Å². The zero-order valence-corrected chi connectivity index (χ0v) is 16.8. The van der Waals surface area contributed by atoms with Gasteiger partial charge in [-0.1, -0.05) is 23.9 Å². The number of aryl methyl sites for hydroxylation is 4. The van der Waals surface area contributed by atoms with Crippen LogP contribution in [0.25, 0.3) is 11.0 Å². The van der Waals surface area contributed by atoms with E-state index in [2.05, 4.69) is 20.3 Å². The molecule has 0 radical (unpaired) electrons. The van der Waals surface area contributed by atoms with Crippen LogP contribution in [0.1, 0.15) is 29.3 Å². The van der Waals surface area contributed by atoms with Gasteiger partial charge in [0.05, 0.1) is 10.6 Å². The molecule has 27 heavy (non-hydrogen) atoms. The average Bonchev–Trinajstić information content (AvgIpc) is 2.57. The normalized spacial score (nSPS) is 12.2. The van der Waals surface area contributed by atoms with Crippen molar-refractivity contribution in [2.75, 3.05) is 5.32 Å². The molecule has 140 valence electrons. The molecule has 0 aliphatic rings. The van der Waals surface area contributed by atoms with Gasteiger partial charge in [0, 0.05) is 11.4 Å². The number of fused-ring (bicyclic) bond motifs is 1. The highest BCUT2D eigenvalue weighted by molar-refractivity contribution is 8.00. The molecule has 2 heterocycles. The fraction of sp³-hybridized carbons (Fsp3) is 0.300. The second-order valence-corrected chi connectivity index (χ2v) is 8.05. The number of thioether (sulfide) groups is 1. The molecule has 6 nitrogen and oxygen atoms in total. The Balaban J connectivity index is 1.83. The number of H-pyrrole nitrogens is 1. The fourth-order valence-electron chi connectivity index (χ4n) is 2.84. The molecule has 0 spiro atoms. The Morgan fingerprint density at radius 2 is 1.85 bits per heavy atom. The van der Waals surface area contributed by atoms with Crippen LogP contribution in [0.3, 0.4) is 0 Å². The Bertz CT molecular complexity index is 1090. The highest BCUT2D eigenvalue weighted by Gasteiger charge is 2.18. The molecule has 1 atom stereocenters. The third-order valence-electron chi connectivity index (χ3n) is 4.29. The SMILES string of the molecule is Cc1ccc(C)c(NC(=O)[C@H](C)Sc2nc3nc(C)cc(C)c3c(=O)[nH]2)c1. The number of aromatic nitrogens is 3. The van der Waals surface area contributed by atoms with Gasteiger partial charge in [-0.25, -0.2) is 9.97 Å². The summed E-state index contributed by atoms with van der Waals surface area (Å²) in [5, 5.41) is 3.38. The smallest absolute Gasteiger partial charge is 0.261 e. The van der Waals surface area contributed by atoms with Crippen LogP contribution in [0.2, 0.25) is 0 Å². The molecule has 0 bridgehead atoms. The second-order valence-electron chi connectivity index (χ2n) is 6.72. The number of carbonyl (C=O) groups is 1. The van der Waals surface area contributed by atoms with Gasteiger partial charge in [-0.05, 0) is 63.4 Å². The molecular formula is C20H22N4O2S. The minimum atomic E-state index is -0.434. The van der Waals surface area contributed by atoms with Crippen LogP contribution in [0.15, 0.2) is 34.2 Å². The summed E-state index contributed by atoms with van der Waals surface area (Å²) in [5.41, 5.74) is 4.67. The number of nitrogens with zero attached hydrogens (tertiary/aromatic N) is 2. The quantitative estimate of drug-likeness (QED) is 0.531. The minimum absolute atomic E-state index is 0.148. The van der Waals surface area contributed by atoms with Gasteiger partial charge in [0.25, 0.3) is 5.56 Å². The number of hydrogen-bond donors (Lipinski definition) is 2. The highest BCUT2D eigenvalue weighted by atomic mass is 32.2. The lowest BCUT2D eigenvalue weighted by Gasteiger charge is -2.14. The van der Waals surface area contributed by atoms with Crippen molar-refractivity contribution >= 4 is 34.4 Å². The van der Waals surface area contributed by atoms with E-state index in [4.69, 9.17) is 0 Å². The van der Waals surface area contributed by atoms with E-state index in [9.17, 15) is 9.59 Å². The maximum absolute atomic E-state index is 12.6. The van der Waals surface area contributed by atoms with Gasteiger partial charge < -0.3 is 10.3 Å². The fourth-order valence-corrected chi connectivity index (χ4v) is 3.64. The van der Waals surface area contributed by atoms with E-state index in [0.717, 1.165) is 28.1 Å². The predicted molar refractivity (Wildman–Crippen MR) is 109 cm³/mol. The van der Waals surface area contributed by atoms with Gasteiger partial charge in [0.15, 0.2) is 10.8 Å². The Morgan fingerprint density at radius 3 is 2.59 bits per heavy atom. The third kappa shape index (κ3) is 4.19. The number of amides is 1. The van der Waals surface area contributed by atoms with E-state index in [-0.39, 0.29) is 11.5 Å². The number of pyridine rings is 1. The molecule has 3 aromatic rings. The van der Waals surface area contributed by atoms with Gasteiger partial charge in [-0.2, -0.15) is 0 Å². The van der Waals surface area contributed by atoms with E-state index in [1.807, 2.05) is 52.0 Å². The summed E-state index contributed by atoms with van der Waals surface area (Å²) < 4.78 is 0. The van der Waals surface area contributed by atoms with Crippen molar-refractivity contribution in [3.05, 3.63) is 57.0 Å². The number of nitrogens with one attached hydrogen (secondary N) is 2. The van der Waals surface area contributed by atoms with Crippen LogP contribution in [-0.4, -0.2) is 26.1 Å². The Labute approximate surface area is 161 Å². The van der Waals surface area contributed by atoms with Gasteiger partial charge in [0.1, 0.15) is 0 Å². The Kier molecular flexibility index (Phi) is 5.32. The molecule has 0 unspecified atom stereocenters. The predicted octanol–water partition coefficient (Wildman–Crippen LogP) is 3.67. The van der Waals surface area contributed by atoms with E-state index in [1.54, 1.807) is 6.92 Å². The zero-order chi connectivity index (χ0) is 19.7. The summed E-state index contributed by atoms with van der Waals surface area (Å²) in [6.45, 7) is 9.44. The molecule has 0 saturated carbocycles. The van der Waals surface area contributed by atoms with Gasteiger partial charge in [-0.15, -0.1) is 0 Å². The van der Waals surface area contributed by atoms with Crippen molar-refractivity contribution in [3.63, 3.8) is 0 Å². The molecule has 7 heteroatoms. The van der Waals surface area contributed by atoms with Crippen molar-refractivity contribution in [1.82, 2.24) is 15.0 Å². The molecule has 0 saturated heterocycles. The zero-order valence-electron chi connectivity index (χ0n) is 16.0. The Morgan fingerprint density at radius 1 is 1.11 bits per heavy atom. The number of aromatic amines is 1. The number of carbonyl (C=O) groups excluding carboxylic acids is 1. The Hall–Kier alpha value is -2.67. The van der Waals surface area contributed by atoms with Crippen LogP contribution in [-0.2, 0) is 4.79 Å². The molecule has 0 aliphatic carbocycles. The molecular weight excluding hydrogens is 360 g/mol. The van der Waals surface area contributed by atoms with E-state index < -0.39 is 5.25 Å². The molecule has 1 amide bonds. The van der Waals surface area contributed by atoms with Crippen molar-refractivity contribution < 1.29 is 4.79 Å². The number of hydrogen-bond acceptors (Lipinski definition) is 5. The summed E-state index contributed by atoms with van der Waals surface area (Å²) in [5.74, 6) is -0.148. The maximum atomic E-state index is 12.6. The average molecular weight is 382 g/mol. The van der Waals surface area contributed by atoms with E-state index in [1.165, 1.54) is 11.8 Å². The van der Waals surface area contributed by atoms with Crippen molar-refractivity contribution in [3.8, 4) is 0 Å². The summed E-state index contributed by atoms with van der Waals surface area (Å²) >= 11 is 1.20. The third-order valence-corrected chi connectivity index (χ3v) is 5.27. The van der Waals surface area contributed by atoms with E-state index >= 15 is 0 Å². The highest BCUT2D eigenvalue weighted by Crippen LogP contribution is 2.23. The van der Waals surface area contributed by atoms with Crippen LogP contribution < -0.4 is 10.9 Å². The lowest BCUT2D eigenvalue weighted by Crippen LogP contribution is -2.24. The van der Waals surface area contributed by atoms with E-state index in [0.29, 0.717) is 16.2 Å². The minimum Gasteiger partial charge on any atom is -0.325 e. The first-order valence-corrected chi connectivity index (χ1v) is 9.55. The lowest BCUT2D eigenvalue weighted by atomic mass is 10.1. The van der Waals surface area contributed by atoms with Crippen LogP contribution in [0.5, 0.6) is 0 Å². The van der Waals surface area contributed by atoms with Gasteiger partial charge >= 0.3 is 0 Å². The largest absolute Gasteiger partial charge is 0.325 e. The van der Waals surface area contributed by atoms with Crippen molar-refractivity contribution in [2.45, 2.75) is 45.0 Å². The first kappa shape index (κ1) is 19.1. The standard InChI is InChI=1S/C20H22N4O2S/c1-10-6-7-11(2)15(8-10)22-18(25)14(5)27-20-23-17-16(19(26)24-20)12(3)9-13(4)21-17/h6-9,14H,1-5H3,(H,22,25)(H,21,23,24,26)/t14-/m0/s1. The van der Waals surface area contributed by atoms with Crippen LogP contribution in [0.4, 0.5) is 5.69 Å². The number of benzene rings is 1. The number of anilines is 1. The molecule has 2 aromatic heterocycles.